The van der Waals surface area contributed by atoms with Gasteiger partial charge in [-0.2, -0.15) is 0 Å². The molecule has 1 amide bonds. The highest BCUT2D eigenvalue weighted by Gasteiger charge is 2.15. The summed E-state index contributed by atoms with van der Waals surface area (Å²) in [6.45, 7) is 1.51. The Morgan fingerprint density at radius 1 is 1.47 bits per heavy atom. The number of hydrogen-bond donors (Lipinski definition) is 3. The van der Waals surface area contributed by atoms with Crippen molar-refractivity contribution >= 4 is 17.6 Å². The fraction of sp³-hybridized carbons (Fsp3) is 0.273. The summed E-state index contributed by atoms with van der Waals surface area (Å²) >= 11 is 0. The van der Waals surface area contributed by atoms with E-state index >= 15 is 0 Å². The number of amides is 1. The molecular formula is C11H14N2O4. The molecule has 0 aliphatic carbocycles. The Labute approximate surface area is 98.4 Å². The normalized spacial score (nSPS) is 11.7. The molecule has 4 N–H and O–H groups in total. The van der Waals surface area contributed by atoms with Crippen molar-refractivity contribution in [1.29, 1.82) is 0 Å². The molecule has 0 heterocycles. The molecule has 0 aliphatic rings. The van der Waals surface area contributed by atoms with Crippen LogP contribution in [0, 0.1) is 0 Å². The van der Waals surface area contributed by atoms with Gasteiger partial charge in [0.15, 0.2) is 0 Å². The first-order valence-corrected chi connectivity index (χ1v) is 4.93. The zero-order valence-electron chi connectivity index (χ0n) is 9.56. The van der Waals surface area contributed by atoms with Crippen LogP contribution in [0.4, 0.5) is 5.69 Å². The maximum atomic E-state index is 11.4. The lowest BCUT2D eigenvalue weighted by Gasteiger charge is -2.11. The Bertz CT molecular complexity index is 443. The average molecular weight is 238 g/mol. The van der Waals surface area contributed by atoms with Gasteiger partial charge in [-0.3, -0.25) is 4.79 Å². The Morgan fingerprint density at radius 2 is 2.12 bits per heavy atom. The van der Waals surface area contributed by atoms with Crippen molar-refractivity contribution in [3.8, 4) is 5.75 Å². The number of anilines is 1. The molecule has 0 spiro atoms. The van der Waals surface area contributed by atoms with Crippen molar-refractivity contribution in [2.75, 3.05) is 12.4 Å². The minimum atomic E-state index is -1.13. The van der Waals surface area contributed by atoms with E-state index in [2.05, 4.69) is 5.32 Å². The molecule has 0 aromatic heterocycles. The number of nitrogens with one attached hydrogen (secondary N) is 1. The van der Waals surface area contributed by atoms with Crippen LogP contribution in [0.15, 0.2) is 18.2 Å². The predicted octanol–water partition coefficient (Wildman–Crippen LogP) is 0.679. The molecular weight excluding hydrogens is 224 g/mol. The lowest BCUT2D eigenvalue weighted by molar-refractivity contribution is -0.117. The third-order valence-corrected chi connectivity index (χ3v) is 2.13. The van der Waals surface area contributed by atoms with Gasteiger partial charge in [0, 0.05) is 6.07 Å². The van der Waals surface area contributed by atoms with Gasteiger partial charge in [-0.15, -0.1) is 0 Å². The SMILES string of the molecule is COc1ccc(C(=O)O)c(NC(=O)[C@@H](C)N)c1. The molecule has 6 nitrogen and oxygen atoms in total. The number of carboxylic acid groups (broad SMARTS) is 1. The fourth-order valence-corrected chi connectivity index (χ4v) is 1.19. The van der Waals surface area contributed by atoms with Crippen LogP contribution in [0.1, 0.15) is 17.3 Å². The van der Waals surface area contributed by atoms with Gasteiger partial charge < -0.3 is 20.9 Å². The molecule has 1 aromatic rings. The maximum Gasteiger partial charge on any atom is 0.337 e. The van der Waals surface area contributed by atoms with Gasteiger partial charge in [-0.1, -0.05) is 0 Å². The second kappa shape index (κ2) is 5.31. The van der Waals surface area contributed by atoms with Crippen molar-refractivity contribution in [2.24, 2.45) is 5.73 Å². The van der Waals surface area contributed by atoms with Crippen LogP contribution < -0.4 is 15.8 Å². The zero-order chi connectivity index (χ0) is 13.0. The predicted molar refractivity (Wildman–Crippen MR) is 62.2 cm³/mol. The van der Waals surface area contributed by atoms with Crippen LogP contribution >= 0.6 is 0 Å². The van der Waals surface area contributed by atoms with E-state index in [1.165, 1.54) is 32.2 Å². The minimum absolute atomic E-state index is 0.0141. The van der Waals surface area contributed by atoms with Crippen molar-refractivity contribution in [2.45, 2.75) is 13.0 Å². The highest BCUT2D eigenvalue weighted by molar-refractivity contribution is 6.02. The van der Waals surface area contributed by atoms with Gasteiger partial charge >= 0.3 is 5.97 Å². The number of carbonyl (C=O) groups excluding carboxylic acids is 1. The molecule has 17 heavy (non-hydrogen) atoms. The molecule has 1 rings (SSSR count). The molecule has 0 aliphatic heterocycles. The number of methoxy groups -OCH3 is 1. The number of carbonyl (C=O) groups is 2. The van der Waals surface area contributed by atoms with Crippen LogP contribution in [-0.4, -0.2) is 30.1 Å². The quantitative estimate of drug-likeness (QED) is 0.715. The van der Waals surface area contributed by atoms with E-state index in [-0.39, 0.29) is 11.3 Å². The van der Waals surface area contributed by atoms with Crippen LogP contribution in [0.5, 0.6) is 5.75 Å². The number of aromatic carboxylic acids is 1. The summed E-state index contributed by atoms with van der Waals surface area (Å²) in [5.74, 6) is -1.14. The summed E-state index contributed by atoms with van der Waals surface area (Å²) in [6, 6.07) is 3.58. The first-order valence-electron chi connectivity index (χ1n) is 4.93. The number of rotatable bonds is 4. The smallest absolute Gasteiger partial charge is 0.337 e. The number of benzene rings is 1. The molecule has 0 radical (unpaired) electrons. The van der Waals surface area contributed by atoms with Crippen LogP contribution in [0.2, 0.25) is 0 Å². The number of carboxylic acids is 1. The third kappa shape index (κ3) is 3.18. The van der Waals surface area contributed by atoms with Gasteiger partial charge in [0.05, 0.1) is 24.4 Å². The Hall–Kier alpha value is -2.08. The van der Waals surface area contributed by atoms with Gasteiger partial charge in [0.2, 0.25) is 5.91 Å². The lowest BCUT2D eigenvalue weighted by Crippen LogP contribution is -2.33. The molecule has 0 bridgehead atoms. The van der Waals surface area contributed by atoms with Crippen LogP contribution in [-0.2, 0) is 4.79 Å². The number of ether oxygens (including phenoxy) is 1. The van der Waals surface area contributed by atoms with Crippen molar-refractivity contribution < 1.29 is 19.4 Å². The van der Waals surface area contributed by atoms with E-state index < -0.39 is 17.9 Å². The van der Waals surface area contributed by atoms with Gasteiger partial charge in [-0.25, -0.2) is 4.79 Å². The summed E-state index contributed by atoms with van der Waals surface area (Å²) in [6.07, 6.45) is 0. The van der Waals surface area contributed by atoms with E-state index in [9.17, 15) is 9.59 Å². The minimum Gasteiger partial charge on any atom is -0.497 e. The molecule has 0 saturated heterocycles. The van der Waals surface area contributed by atoms with Gasteiger partial charge in [0.1, 0.15) is 5.75 Å². The number of nitrogens with two attached hydrogens (primary N) is 1. The largest absolute Gasteiger partial charge is 0.497 e. The molecule has 1 atom stereocenters. The first kappa shape index (κ1) is 13.0. The van der Waals surface area contributed by atoms with Crippen LogP contribution in [0.25, 0.3) is 0 Å². The van der Waals surface area contributed by atoms with Crippen molar-refractivity contribution in [3.63, 3.8) is 0 Å². The fourth-order valence-electron chi connectivity index (χ4n) is 1.19. The Balaban J connectivity index is 3.09. The maximum absolute atomic E-state index is 11.4. The van der Waals surface area contributed by atoms with E-state index in [0.717, 1.165) is 0 Å². The zero-order valence-corrected chi connectivity index (χ0v) is 9.56. The standard InChI is InChI=1S/C11H14N2O4/c1-6(12)10(14)13-9-5-7(17-2)3-4-8(9)11(15)16/h3-6H,12H2,1-2H3,(H,13,14)(H,15,16)/t6-/m1/s1. The molecule has 6 heteroatoms. The summed E-state index contributed by atoms with van der Waals surface area (Å²) < 4.78 is 4.96. The van der Waals surface area contributed by atoms with Gasteiger partial charge in [0.25, 0.3) is 0 Å². The molecule has 0 unspecified atom stereocenters. The Morgan fingerprint density at radius 3 is 2.59 bits per heavy atom. The highest BCUT2D eigenvalue weighted by Crippen LogP contribution is 2.22. The summed E-state index contributed by atoms with van der Waals surface area (Å²) in [7, 11) is 1.45. The molecule has 0 saturated carbocycles. The van der Waals surface area contributed by atoms with E-state index in [1.807, 2.05) is 0 Å². The topological polar surface area (TPSA) is 102 Å². The first-order chi connectivity index (χ1) is 7.95. The van der Waals surface area contributed by atoms with Crippen LogP contribution in [0.3, 0.4) is 0 Å². The second-order valence-electron chi connectivity index (χ2n) is 3.49. The van der Waals surface area contributed by atoms with Crippen molar-refractivity contribution in [3.05, 3.63) is 23.8 Å². The monoisotopic (exact) mass is 238 g/mol. The Kier molecular flexibility index (Phi) is 4.06. The van der Waals surface area contributed by atoms with Gasteiger partial charge in [-0.05, 0) is 19.1 Å². The van der Waals surface area contributed by atoms with E-state index in [1.54, 1.807) is 0 Å². The summed E-state index contributed by atoms with van der Waals surface area (Å²) in [5.41, 5.74) is 5.54. The highest BCUT2D eigenvalue weighted by atomic mass is 16.5. The lowest BCUT2D eigenvalue weighted by atomic mass is 10.1. The second-order valence-corrected chi connectivity index (χ2v) is 3.49. The molecule has 92 valence electrons. The molecule has 0 fully saturated rings. The van der Waals surface area contributed by atoms with Crippen molar-refractivity contribution in [1.82, 2.24) is 0 Å². The molecule has 1 aromatic carbocycles. The third-order valence-electron chi connectivity index (χ3n) is 2.13. The average Bonchev–Trinajstić information content (AvgIpc) is 2.28. The number of hydrogen-bond acceptors (Lipinski definition) is 4. The van der Waals surface area contributed by atoms with E-state index in [4.69, 9.17) is 15.6 Å². The van der Waals surface area contributed by atoms with E-state index in [0.29, 0.717) is 5.75 Å². The summed E-state index contributed by atoms with van der Waals surface area (Å²) in [4.78, 5) is 22.4. The summed E-state index contributed by atoms with van der Waals surface area (Å²) in [5, 5.41) is 11.4.